The van der Waals surface area contributed by atoms with Gasteiger partial charge < -0.3 is 9.84 Å². The molecule has 1 aromatic rings. The molecule has 3 nitrogen and oxygen atoms in total. The molecule has 122 valence electrons. The highest BCUT2D eigenvalue weighted by molar-refractivity contribution is 6.08. The van der Waals surface area contributed by atoms with Crippen molar-refractivity contribution in [2.75, 3.05) is 13.3 Å². The number of hydrogen-bond donors (Lipinski definition) is 1. The van der Waals surface area contributed by atoms with Crippen molar-refractivity contribution >= 4 is 5.78 Å². The first kappa shape index (κ1) is 16.6. The van der Waals surface area contributed by atoms with Crippen LogP contribution in [0.5, 0.6) is 5.75 Å². The minimum absolute atomic E-state index is 0.115. The number of benzene rings is 1. The zero-order chi connectivity index (χ0) is 16.7. The number of Topliss-reactive ketones (excluding diaryl/α,β-unsaturated/α-hetero) is 1. The molecular formula is C13H10F6O3. The van der Waals surface area contributed by atoms with Gasteiger partial charge in [0.2, 0.25) is 5.78 Å². The van der Waals surface area contributed by atoms with Crippen LogP contribution >= 0.6 is 0 Å². The molecule has 1 aromatic carbocycles. The number of carbonyl (C=O) groups excluding carboxylic acids is 1. The van der Waals surface area contributed by atoms with E-state index in [9.17, 15) is 36.2 Å². The molecule has 0 fully saturated rings. The van der Waals surface area contributed by atoms with E-state index in [4.69, 9.17) is 4.74 Å². The Labute approximate surface area is 120 Å². The van der Waals surface area contributed by atoms with Gasteiger partial charge in [-0.3, -0.25) is 9.18 Å². The van der Waals surface area contributed by atoms with Crippen molar-refractivity contribution in [3.63, 3.8) is 0 Å². The fraction of sp³-hybridized carbons (Fsp3) is 0.462. The van der Waals surface area contributed by atoms with E-state index in [1.54, 1.807) is 0 Å². The van der Waals surface area contributed by atoms with Crippen molar-refractivity contribution < 1.29 is 41.0 Å². The van der Waals surface area contributed by atoms with Crippen molar-refractivity contribution in [1.82, 2.24) is 0 Å². The summed E-state index contributed by atoms with van der Waals surface area (Å²) in [4.78, 5) is 11.6. The highest BCUT2D eigenvalue weighted by Crippen LogP contribution is 2.50. The van der Waals surface area contributed by atoms with Crippen LogP contribution in [-0.2, 0) is 6.18 Å². The van der Waals surface area contributed by atoms with Crippen molar-refractivity contribution in [3.05, 3.63) is 28.8 Å². The van der Waals surface area contributed by atoms with E-state index in [-0.39, 0.29) is 13.0 Å². The van der Waals surface area contributed by atoms with Crippen molar-refractivity contribution in [2.24, 2.45) is 0 Å². The second-order valence-corrected chi connectivity index (χ2v) is 4.64. The van der Waals surface area contributed by atoms with Crippen LogP contribution in [0.3, 0.4) is 0 Å². The molecular weight excluding hydrogens is 318 g/mol. The van der Waals surface area contributed by atoms with E-state index < -0.39 is 53.1 Å². The number of carbonyl (C=O) groups is 1. The van der Waals surface area contributed by atoms with Gasteiger partial charge in [-0.1, -0.05) is 0 Å². The average Bonchev–Trinajstić information content (AvgIpc) is 2.60. The second kappa shape index (κ2) is 5.45. The van der Waals surface area contributed by atoms with Gasteiger partial charge in [-0.05, 0) is 12.1 Å². The molecule has 0 radical (unpaired) electrons. The van der Waals surface area contributed by atoms with Crippen LogP contribution in [-0.4, -0.2) is 30.1 Å². The number of fused-ring (bicyclic) bond motifs is 1. The first-order valence-electron chi connectivity index (χ1n) is 6.16. The number of halogens is 6. The number of alkyl halides is 6. The third-order valence-electron chi connectivity index (χ3n) is 3.19. The van der Waals surface area contributed by atoms with Gasteiger partial charge in [0.15, 0.2) is 6.10 Å². The van der Waals surface area contributed by atoms with Gasteiger partial charge in [0.1, 0.15) is 5.75 Å². The number of aliphatic hydroxyl groups excluding tert-OH is 1. The van der Waals surface area contributed by atoms with Crippen LogP contribution in [0.1, 0.15) is 34.0 Å². The summed E-state index contributed by atoms with van der Waals surface area (Å²) < 4.78 is 82.7. The zero-order valence-corrected chi connectivity index (χ0v) is 10.9. The Morgan fingerprint density at radius 2 is 1.91 bits per heavy atom. The third-order valence-corrected chi connectivity index (χ3v) is 3.19. The molecule has 0 amide bonds. The summed E-state index contributed by atoms with van der Waals surface area (Å²) >= 11 is 0. The van der Waals surface area contributed by atoms with Crippen LogP contribution < -0.4 is 4.74 Å². The van der Waals surface area contributed by atoms with E-state index in [0.717, 1.165) is 6.07 Å². The molecule has 0 aliphatic heterocycles. The van der Waals surface area contributed by atoms with E-state index in [2.05, 4.69) is 0 Å². The molecule has 0 aromatic heterocycles. The Bertz CT molecular complexity index is 596. The van der Waals surface area contributed by atoms with Crippen LogP contribution in [0.2, 0.25) is 0 Å². The maximum Gasteiger partial charge on any atom is 0.417 e. The van der Waals surface area contributed by atoms with Crippen LogP contribution in [0.25, 0.3) is 0 Å². The van der Waals surface area contributed by atoms with Gasteiger partial charge in [0.05, 0.1) is 18.8 Å². The summed E-state index contributed by atoms with van der Waals surface area (Å²) in [6.07, 6.45) is -7.90. The number of rotatable bonds is 4. The molecule has 1 aliphatic carbocycles. The SMILES string of the molecule is O=C1c2c(C(F)(F)F)ccc(OCCCF)c2[C@H](O)C1(F)F. The molecule has 0 heterocycles. The average molecular weight is 328 g/mol. The molecule has 1 atom stereocenters. The molecule has 0 saturated heterocycles. The lowest BCUT2D eigenvalue weighted by atomic mass is 10.0. The Hall–Kier alpha value is -1.77. The van der Waals surface area contributed by atoms with Crippen molar-refractivity contribution in [2.45, 2.75) is 24.6 Å². The lowest BCUT2D eigenvalue weighted by Crippen LogP contribution is -2.29. The summed E-state index contributed by atoms with van der Waals surface area (Å²) in [5.41, 5.74) is -3.78. The molecule has 1 aliphatic rings. The van der Waals surface area contributed by atoms with Gasteiger partial charge in [-0.25, -0.2) is 0 Å². The molecule has 0 bridgehead atoms. The number of hydrogen-bond acceptors (Lipinski definition) is 3. The summed E-state index contributed by atoms with van der Waals surface area (Å²) in [5.74, 6) is -6.98. The number of ether oxygens (including phenoxy) is 1. The summed E-state index contributed by atoms with van der Waals surface area (Å²) in [7, 11) is 0. The van der Waals surface area contributed by atoms with Crippen LogP contribution in [0.4, 0.5) is 26.3 Å². The Morgan fingerprint density at radius 1 is 1.27 bits per heavy atom. The Balaban J connectivity index is 2.59. The Morgan fingerprint density at radius 3 is 2.45 bits per heavy atom. The monoisotopic (exact) mass is 328 g/mol. The first-order chi connectivity index (χ1) is 10.1. The quantitative estimate of drug-likeness (QED) is 0.681. The molecule has 2 rings (SSSR count). The molecule has 0 unspecified atom stereocenters. The highest BCUT2D eigenvalue weighted by atomic mass is 19.4. The molecule has 9 heteroatoms. The Kier molecular flexibility index (Phi) is 4.12. The predicted molar refractivity (Wildman–Crippen MR) is 61.8 cm³/mol. The van der Waals surface area contributed by atoms with Crippen LogP contribution in [0, 0.1) is 0 Å². The lowest BCUT2D eigenvalue weighted by molar-refractivity contribution is -0.138. The minimum atomic E-state index is -5.04. The lowest BCUT2D eigenvalue weighted by Gasteiger charge is -2.16. The van der Waals surface area contributed by atoms with Gasteiger partial charge in [-0.15, -0.1) is 0 Å². The largest absolute Gasteiger partial charge is 0.493 e. The van der Waals surface area contributed by atoms with Crippen molar-refractivity contribution in [3.8, 4) is 5.75 Å². The molecule has 0 spiro atoms. The maximum absolute atomic E-state index is 13.6. The fourth-order valence-electron chi connectivity index (χ4n) is 2.19. The molecule has 22 heavy (non-hydrogen) atoms. The summed E-state index contributed by atoms with van der Waals surface area (Å²) in [6, 6.07) is 1.16. The van der Waals surface area contributed by atoms with E-state index in [1.165, 1.54) is 0 Å². The normalized spacial score (nSPS) is 20.1. The van der Waals surface area contributed by atoms with Gasteiger partial charge in [-0.2, -0.15) is 22.0 Å². The van der Waals surface area contributed by atoms with Crippen molar-refractivity contribution in [1.29, 1.82) is 0 Å². The topological polar surface area (TPSA) is 46.5 Å². The molecule has 0 saturated carbocycles. The van der Waals surface area contributed by atoms with E-state index in [0.29, 0.717) is 6.07 Å². The van der Waals surface area contributed by atoms with Gasteiger partial charge in [0.25, 0.3) is 0 Å². The third kappa shape index (κ3) is 2.53. The summed E-state index contributed by atoms with van der Waals surface area (Å²) in [6.45, 7) is -1.07. The number of ketones is 1. The van der Waals surface area contributed by atoms with Gasteiger partial charge >= 0.3 is 12.1 Å². The predicted octanol–water partition coefficient (Wildman–Crippen LogP) is 3.31. The number of aliphatic hydroxyl groups is 1. The summed E-state index contributed by atoms with van der Waals surface area (Å²) in [5, 5.41) is 9.51. The van der Waals surface area contributed by atoms with E-state index >= 15 is 0 Å². The van der Waals surface area contributed by atoms with Crippen LogP contribution in [0.15, 0.2) is 12.1 Å². The first-order valence-corrected chi connectivity index (χ1v) is 6.16. The highest BCUT2D eigenvalue weighted by Gasteiger charge is 2.59. The fourth-order valence-corrected chi connectivity index (χ4v) is 2.19. The standard InChI is InChI=1S/C13H10F6O3/c14-4-1-5-22-7-3-2-6(13(17,18)19)8-9(7)11(21)12(15,16)10(8)20/h2-3,11,21H,1,4-5H2/t11-/m0/s1. The molecule has 1 N–H and O–H groups in total. The van der Waals surface area contributed by atoms with Gasteiger partial charge in [0, 0.05) is 17.5 Å². The smallest absolute Gasteiger partial charge is 0.417 e. The van der Waals surface area contributed by atoms with E-state index in [1.807, 2.05) is 0 Å². The second-order valence-electron chi connectivity index (χ2n) is 4.64. The maximum atomic E-state index is 13.6. The minimum Gasteiger partial charge on any atom is -0.493 e. The zero-order valence-electron chi connectivity index (χ0n) is 10.9.